The number of hydrogen-bond acceptors (Lipinski definition) is 1. The number of nitrogens with two attached hydrogens (primary N) is 1. The summed E-state index contributed by atoms with van der Waals surface area (Å²) >= 11 is 0. The third kappa shape index (κ3) is 1.88. The van der Waals surface area contributed by atoms with Gasteiger partial charge >= 0.3 is 0 Å². The van der Waals surface area contributed by atoms with Crippen LogP contribution in [0.4, 0.5) is 0 Å². The van der Waals surface area contributed by atoms with Gasteiger partial charge in [0.15, 0.2) is 0 Å². The standard InChI is InChI=1S/C13H19N/c1-6-13(5,14)12-8-10(3)9(2)7-11(12)4/h6-8H,1,14H2,2-5H3. The van der Waals surface area contributed by atoms with Gasteiger partial charge in [0.2, 0.25) is 0 Å². The lowest BCUT2D eigenvalue weighted by Gasteiger charge is -2.24. The molecule has 0 aliphatic rings. The van der Waals surface area contributed by atoms with E-state index in [1.807, 2.05) is 6.92 Å². The van der Waals surface area contributed by atoms with Crippen LogP contribution in [0.3, 0.4) is 0 Å². The summed E-state index contributed by atoms with van der Waals surface area (Å²) in [5.74, 6) is 0. The number of hydrogen-bond donors (Lipinski definition) is 1. The molecule has 0 aliphatic carbocycles. The molecular formula is C13H19N. The van der Waals surface area contributed by atoms with Crippen molar-refractivity contribution in [2.45, 2.75) is 33.2 Å². The SMILES string of the molecule is C=CC(C)(N)c1cc(C)c(C)cc1C. The molecule has 0 aromatic heterocycles. The van der Waals surface area contributed by atoms with Crippen LogP contribution in [-0.4, -0.2) is 0 Å². The first-order valence-electron chi connectivity index (χ1n) is 4.89. The molecule has 2 N–H and O–H groups in total. The van der Waals surface area contributed by atoms with E-state index in [-0.39, 0.29) is 0 Å². The second-order valence-electron chi connectivity index (χ2n) is 4.24. The van der Waals surface area contributed by atoms with Crippen LogP contribution in [-0.2, 0) is 5.54 Å². The summed E-state index contributed by atoms with van der Waals surface area (Å²) in [5.41, 5.74) is 10.7. The molecule has 0 spiro atoms. The Morgan fingerprint density at radius 2 is 1.64 bits per heavy atom. The first-order valence-corrected chi connectivity index (χ1v) is 4.89. The highest BCUT2D eigenvalue weighted by Gasteiger charge is 2.19. The minimum absolute atomic E-state index is 0.428. The Kier molecular flexibility index (Phi) is 2.81. The zero-order valence-electron chi connectivity index (χ0n) is 9.52. The summed E-state index contributed by atoms with van der Waals surface area (Å²) in [6.07, 6.45) is 1.80. The van der Waals surface area contributed by atoms with Gasteiger partial charge in [-0.05, 0) is 49.9 Å². The van der Waals surface area contributed by atoms with Crippen molar-refractivity contribution in [3.05, 3.63) is 47.0 Å². The van der Waals surface area contributed by atoms with E-state index in [0.29, 0.717) is 0 Å². The lowest BCUT2D eigenvalue weighted by Crippen LogP contribution is -2.31. The molecule has 1 atom stereocenters. The Balaban J connectivity index is 3.36. The van der Waals surface area contributed by atoms with E-state index >= 15 is 0 Å². The van der Waals surface area contributed by atoms with E-state index in [4.69, 9.17) is 5.73 Å². The molecule has 76 valence electrons. The first kappa shape index (κ1) is 11.0. The highest BCUT2D eigenvalue weighted by Crippen LogP contribution is 2.25. The lowest BCUT2D eigenvalue weighted by molar-refractivity contribution is 0.626. The third-order valence-corrected chi connectivity index (χ3v) is 2.85. The van der Waals surface area contributed by atoms with Crippen LogP contribution in [0.1, 0.15) is 29.2 Å². The van der Waals surface area contributed by atoms with Crippen molar-refractivity contribution in [1.29, 1.82) is 0 Å². The molecule has 1 unspecified atom stereocenters. The molecule has 1 aromatic carbocycles. The van der Waals surface area contributed by atoms with E-state index in [0.717, 1.165) is 5.56 Å². The van der Waals surface area contributed by atoms with Crippen LogP contribution in [0.15, 0.2) is 24.8 Å². The zero-order valence-corrected chi connectivity index (χ0v) is 9.52. The molecule has 1 heteroatoms. The average molecular weight is 189 g/mol. The Hall–Kier alpha value is -1.08. The summed E-state index contributed by atoms with van der Waals surface area (Å²) in [4.78, 5) is 0. The van der Waals surface area contributed by atoms with Gasteiger partial charge in [-0.25, -0.2) is 0 Å². The van der Waals surface area contributed by atoms with Crippen molar-refractivity contribution >= 4 is 0 Å². The summed E-state index contributed by atoms with van der Waals surface area (Å²) in [6, 6.07) is 4.34. The van der Waals surface area contributed by atoms with Gasteiger partial charge in [-0.3, -0.25) is 0 Å². The topological polar surface area (TPSA) is 26.0 Å². The van der Waals surface area contributed by atoms with Crippen molar-refractivity contribution < 1.29 is 0 Å². The van der Waals surface area contributed by atoms with Crippen LogP contribution in [0.25, 0.3) is 0 Å². The van der Waals surface area contributed by atoms with Crippen molar-refractivity contribution in [2.75, 3.05) is 0 Å². The molecule has 1 rings (SSSR count). The molecule has 0 heterocycles. The highest BCUT2D eigenvalue weighted by atomic mass is 14.7. The van der Waals surface area contributed by atoms with Gasteiger partial charge in [-0.1, -0.05) is 18.2 Å². The van der Waals surface area contributed by atoms with E-state index in [1.54, 1.807) is 6.08 Å². The minimum atomic E-state index is -0.428. The van der Waals surface area contributed by atoms with Gasteiger partial charge in [0.25, 0.3) is 0 Å². The van der Waals surface area contributed by atoms with E-state index in [1.165, 1.54) is 16.7 Å². The summed E-state index contributed by atoms with van der Waals surface area (Å²) in [5, 5.41) is 0. The van der Waals surface area contributed by atoms with E-state index in [9.17, 15) is 0 Å². The first-order chi connectivity index (χ1) is 6.38. The smallest absolute Gasteiger partial charge is 0.0566 e. The predicted octanol–water partition coefficient (Wildman–Crippen LogP) is 2.97. The van der Waals surface area contributed by atoms with Gasteiger partial charge < -0.3 is 5.73 Å². The van der Waals surface area contributed by atoms with Gasteiger partial charge in [-0.15, -0.1) is 6.58 Å². The minimum Gasteiger partial charge on any atom is -0.318 e. The molecule has 1 nitrogen and oxygen atoms in total. The molecule has 0 amide bonds. The summed E-state index contributed by atoms with van der Waals surface area (Å²) in [6.45, 7) is 12.1. The van der Waals surface area contributed by atoms with Crippen LogP contribution >= 0.6 is 0 Å². The second kappa shape index (κ2) is 3.58. The van der Waals surface area contributed by atoms with Crippen molar-refractivity contribution in [3.8, 4) is 0 Å². The molecule has 0 aliphatic heterocycles. The quantitative estimate of drug-likeness (QED) is 0.711. The monoisotopic (exact) mass is 189 g/mol. The molecular weight excluding hydrogens is 170 g/mol. The average Bonchev–Trinajstić information content (AvgIpc) is 2.11. The molecule has 0 fully saturated rings. The normalized spacial score (nSPS) is 14.9. The van der Waals surface area contributed by atoms with E-state index < -0.39 is 5.54 Å². The number of aryl methyl sites for hydroxylation is 3. The lowest BCUT2D eigenvalue weighted by atomic mass is 9.87. The molecule has 0 saturated carbocycles. The van der Waals surface area contributed by atoms with Gasteiger partial charge in [0, 0.05) is 0 Å². The fraction of sp³-hybridized carbons (Fsp3) is 0.385. The maximum absolute atomic E-state index is 6.14. The largest absolute Gasteiger partial charge is 0.318 e. The van der Waals surface area contributed by atoms with Gasteiger partial charge in [0.05, 0.1) is 5.54 Å². The summed E-state index contributed by atoms with van der Waals surface area (Å²) < 4.78 is 0. The Morgan fingerprint density at radius 1 is 1.14 bits per heavy atom. The Bertz CT molecular complexity index is 362. The Labute approximate surface area is 86.6 Å². The summed E-state index contributed by atoms with van der Waals surface area (Å²) in [7, 11) is 0. The van der Waals surface area contributed by atoms with Crippen LogP contribution in [0.5, 0.6) is 0 Å². The van der Waals surface area contributed by atoms with Crippen LogP contribution in [0, 0.1) is 20.8 Å². The van der Waals surface area contributed by atoms with Gasteiger partial charge in [-0.2, -0.15) is 0 Å². The van der Waals surface area contributed by atoms with Crippen LogP contribution in [0.2, 0.25) is 0 Å². The predicted molar refractivity (Wildman–Crippen MR) is 62.4 cm³/mol. The Morgan fingerprint density at radius 3 is 2.14 bits per heavy atom. The number of rotatable bonds is 2. The third-order valence-electron chi connectivity index (χ3n) is 2.85. The maximum Gasteiger partial charge on any atom is 0.0566 e. The maximum atomic E-state index is 6.14. The fourth-order valence-corrected chi connectivity index (χ4v) is 1.65. The molecule has 14 heavy (non-hydrogen) atoms. The highest BCUT2D eigenvalue weighted by molar-refractivity contribution is 5.41. The fourth-order valence-electron chi connectivity index (χ4n) is 1.65. The molecule has 0 radical (unpaired) electrons. The number of benzene rings is 1. The van der Waals surface area contributed by atoms with Crippen molar-refractivity contribution in [2.24, 2.45) is 5.73 Å². The van der Waals surface area contributed by atoms with Crippen LogP contribution < -0.4 is 5.73 Å². The molecule has 1 aromatic rings. The zero-order chi connectivity index (χ0) is 10.9. The second-order valence-corrected chi connectivity index (χ2v) is 4.24. The molecule has 0 saturated heterocycles. The molecule has 0 bridgehead atoms. The van der Waals surface area contributed by atoms with Crippen molar-refractivity contribution in [1.82, 2.24) is 0 Å². The van der Waals surface area contributed by atoms with Crippen molar-refractivity contribution in [3.63, 3.8) is 0 Å². The van der Waals surface area contributed by atoms with E-state index in [2.05, 4.69) is 39.5 Å². The van der Waals surface area contributed by atoms with Gasteiger partial charge in [0.1, 0.15) is 0 Å².